The fraction of sp³-hybridized carbons (Fsp3) is 0.333. The zero-order valence-corrected chi connectivity index (χ0v) is 14.4. The van der Waals surface area contributed by atoms with Crippen LogP contribution in [0.1, 0.15) is 16.0 Å². The van der Waals surface area contributed by atoms with Crippen molar-refractivity contribution in [1.82, 2.24) is 4.31 Å². The van der Waals surface area contributed by atoms with Gasteiger partial charge < -0.3 is 0 Å². The molecule has 3 nitrogen and oxygen atoms in total. The van der Waals surface area contributed by atoms with Crippen LogP contribution in [0, 0.1) is 6.92 Å². The SMILES string of the molecule is Cc1ccc(CCl)cc1S(=O)(=O)N(C)CCc1cccs1. The van der Waals surface area contributed by atoms with E-state index in [1.165, 1.54) is 9.18 Å². The van der Waals surface area contributed by atoms with E-state index in [1.54, 1.807) is 37.4 Å². The number of hydrogen-bond donors (Lipinski definition) is 0. The molecular formula is C15H18ClNO2S2. The molecule has 0 radical (unpaired) electrons. The number of nitrogens with zero attached hydrogens (tertiary/aromatic N) is 1. The lowest BCUT2D eigenvalue weighted by atomic mass is 10.2. The fourth-order valence-corrected chi connectivity index (χ4v) is 4.32. The monoisotopic (exact) mass is 343 g/mol. The molecule has 1 aromatic heterocycles. The highest BCUT2D eigenvalue weighted by Gasteiger charge is 2.22. The summed E-state index contributed by atoms with van der Waals surface area (Å²) < 4.78 is 26.7. The number of rotatable bonds is 6. The summed E-state index contributed by atoms with van der Waals surface area (Å²) in [6.07, 6.45) is 0.724. The second-order valence-electron chi connectivity index (χ2n) is 4.89. The Hall–Kier alpha value is -0.880. The van der Waals surface area contributed by atoms with Gasteiger partial charge >= 0.3 is 0 Å². The molecule has 114 valence electrons. The highest BCUT2D eigenvalue weighted by atomic mass is 35.5. The molecule has 2 rings (SSSR count). The minimum atomic E-state index is -3.48. The Labute approximate surface area is 135 Å². The summed E-state index contributed by atoms with van der Waals surface area (Å²) in [4.78, 5) is 1.53. The molecule has 2 aromatic rings. The topological polar surface area (TPSA) is 37.4 Å². The zero-order valence-electron chi connectivity index (χ0n) is 12.0. The largest absolute Gasteiger partial charge is 0.243 e. The second kappa shape index (κ2) is 6.92. The maximum Gasteiger partial charge on any atom is 0.243 e. The highest BCUT2D eigenvalue weighted by molar-refractivity contribution is 7.89. The summed E-state index contributed by atoms with van der Waals surface area (Å²) in [5, 5.41) is 2.00. The van der Waals surface area contributed by atoms with Crippen molar-refractivity contribution >= 4 is 33.0 Å². The van der Waals surface area contributed by atoms with Crippen LogP contribution in [0.3, 0.4) is 0 Å². The Kier molecular flexibility index (Phi) is 5.43. The first-order valence-electron chi connectivity index (χ1n) is 6.59. The van der Waals surface area contributed by atoms with Gasteiger partial charge in [-0.25, -0.2) is 12.7 Å². The van der Waals surface area contributed by atoms with Crippen LogP contribution in [0.2, 0.25) is 0 Å². The van der Waals surface area contributed by atoms with E-state index in [4.69, 9.17) is 11.6 Å². The average Bonchev–Trinajstić information content (AvgIpc) is 2.98. The molecule has 1 aromatic carbocycles. The molecule has 0 N–H and O–H groups in total. The van der Waals surface area contributed by atoms with Gasteiger partial charge in [0.25, 0.3) is 0 Å². The summed E-state index contributed by atoms with van der Waals surface area (Å²) in [5.74, 6) is 0.307. The number of sulfonamides is 1. The van der Waals surface area contributed by atoms with Crippen molar-refractivity contribution in [3.05, 3.63) is 51.7 Å². The van der Waals surface area contributed by atoms with Crippen molar-refractivity contribution in [2.75, 3.05) is 13.6 Å². The van der Waals surface area contributed by atoms with E-state index in [0.29, 0.717) is 17.3 Å². The van der Waals surface area contributed by atoms with Gasteiger partial charge in [0.2, 0.25) is 10.0 Å². The lowest BCUT2D eigenvalue weighted by Crippen LogP contribution is -2.29. The average molecular weight is 344 g/mol. The number of alkyl halides is 1. The molecule has 0 aliphatic heterocycles. The van der Waals surface area contributed by atoms with E-state index >= 15 is 0 Å². The van der Waals surface area contributed by atoms with Gasteiger partial charge in [0.05, 0.1) is 4.90 Å². The third kappa shape index (κ3) is 3.86. The van der Waals surface area contributed by atoms with Gasteiger partial charge in [-0.15, -0.1) is 22.9 Å². The van der Waals surface area contributed by atoms with Crippen LogP contribution in [-0.2, 0) is 22.3 Å². The lowest BCUT2D eigenvalue weighted by molar-refractivity contribution is 0.473. The normalized spacial score (nSPS) is 12.0. The van der Waals surface area contributed by atoms with Gasteiger partial charge in [-0.2, -0.15) is 0 Å². The molecule has 0 aliphatic rings. The van der Waals surface area contributed by atoms with Gasteiger partial charge in [-0.05, 0) is 42.0 Å². The number of hydrogen-bond acceptors (Lipinski definition) is 3. The van der Waals surface area contributed by atoms with Crippen LogP contribution in [0.4, 0.5) is 0 Å². The Bertz CT molecular complexity index is 696. The molecule has 0 bridgehead atoms. The number of benzene rings is 1. The summed E-state index contributed by atoms with van der Waals surface area (Å²) >= 11 is 7.44. The molecule has 21 heavy (non-hydrogen) atoms. The van der Waals surface area contributed by atoms with Crippen LogP contribution in [0.25, 0.3) is 0 Å². The Morgan fingerprint density at radius 2 is 2.05 bits per heavy atom. The molecule has 0 saturated carbocycles. The predicted molar refractivity (Wildman–Crippen MR) is 88.6 cm³/mol. The molecule has 0 aliphatic carbocycles. The summed E-state index contributed by atoms with van der Waals surface area (Å²) in [7, 11) is -1.86. The third-order valence-electron chi connectivity index (χ3n) is 3.35. The maximum absolute atomic E-state index is 12.7. The van der Waals surface area contributed by atoms with Crippen LogP contribution in [-0.4, -0.2) is 26.3 Å². The van der Waals surface area contributed by atoms with Crippen LogP contribution >= 0.6 is 22.9 Å². The zero-order chi connectivity index (χ0) is 15.5. The minimum absolute atomic E-state index is 0.307. The fourth-order valence-electron chi connectivity index (χ4n) is 2.02. The van der Waals surface area contributed by atoms with Crippen LogP contribution < -0.4 is 0 Å². The molecule has 0 fully saturated rings. The highest BCUT2D eigenvalue weighted by Crippen LogP contribution is 2.22. The quantitative estimate of drug-likeness (QED) is 0.751. The Morgan fingerprint density at radius 1 is 1.29 bits per heavy atom. The molecular weight excluding hydrogens is 326 g/mol. The lowest BCUT2D eigenvalue weighted by Gasteiger charge is -2.18. The van der Waals surface area contributed by atoms with E-state index in [0.717, 1.165) is 17.5 Å². The number of thiophene rings is 1. The van der Waals surface area contributed by atoms with Crippen molar-refractivity contribution in [3.8, 4) is 0 Å². The van der Waals surface area contributed by atoms with Crippen molar-refractivity contribution in [2.24, 2.45) is 0 Å². The number of aryl methyl sites for hydroxylation is 1. The Balaban J connectivity index is 2.20. The van der Waals surface area contributed by atoms with Crippen LogP contribution in [0.15, 0.2) is 40.6 Å². The summed E-state index contributed by atoms with van der Waals surface area (Å²) in [6, 6.07) is 9.32. The molecule has 0 atom stereocenters. The predicted octanol–water partition coefficient (Wildman–Crippen LogP) is 3.66. The maximum atomic E-state index is 12.7. The van der Waals surface area contributed by atoms with E-state index in [1.807, 2.05) is 23.6 Å². The van der Waals surface area contributed by atoms with Gasteiger partial charge in [-0.3, -0.25) is 0 Å². The third-order valence-corrected chi connectivity index (χ3v) is 6.59. The van der Waals surface area contributed by atoms with Gasteiger partial charge in [0.1, 0.15) is 0 Å². The summed E-state index contributed by atoms with van der Waals surface area (Å²) in [5.41, 5.74) is 1.55. The molecule has 6 heteroatoms. The molecule has 0 saturated heterocycles. The molecule has 1 heterocycles. The van der Waals surface area contributed by atoms with E-state index in [-0.39, 0.29) is 0 Å². The van der Waals surface area contributed by atoms with Crippen molar-refractivity contribution in [2.45, 2.75) is 24.1 Å². The van der Waals surface area contributed by atoms with Crippen molar-refractivity contribution in [1.29, 1.82) is 0 Å². The van der Waals surface area contributed by atoms with Crippen molar-refractivity contribution < 1.29 is 8.42 Å². The second-order valence-corrected chi connectivity index (χ2v) is 8.20. The Morgan fingerprint density at radius 3 is 2.67 bits per heavy atom. The van der Waals surface area contributed by atoms with E-state index in [9.17, 15) is 8.42 Å². The minimum Gasteiger partial charge on any atom is -0.207 e. The number of likely N-dealkylation sites (N-methyl/N-ethyl adjacent to an activating group) is 1. The summed E-state index contributed by atoms with van der Waals surface area (Å²) in [6.45, 7) is 2.27. The number of halogens is 1. The first-order valence-corrected chi connectivity index (χ1v) is 9.45. The first-order chi connectivity index (χ1) is 9.95. The molecule has 0 spiro atoms. The first kappa shape index (κ1) is 16.5. The van der Waals surface area contributed by atoms with Crippen molar-refractivity contribution in [3.63, 3.8) is 0 Å². The molecule has 0 amide bonds. The van der Waals surface area contributed by atoms with E-state index < -0.39 is 10.0 Å². The van der Waals surface area contributed by atoms with Gasteiger partial charge in [-0.1, -0.05) is 18.2 Å². The van der Waals surface area contributed by atoms with Crippen LogP contribution in [0.5, 0.6) is 0 Å². The smallest absolute Gasteiger partial charge is 0.207 e. The van der Waals surface area contributed by atoms with E-state index in [2.05, 4.69) is 0 Å². The molecule has 0 unspecified atom stereocenters. The van der Waals surface area contributed by atoms with Gasteiger partial charge in [0.15, 0.2) is 0 Å². The standard InChI is InChI=1S/C15H18ClNO2S2/c1-12-5-6-13(11-16)10-15(12)21(18,19)17(2)8-7-14-4-3-9-20-14/h3-6,9-10H,7-8,11H2,1-2H3. The van der Waals surface area contributed by atoms with Gasteiger partial charge in [0, 0.05) is 24.3 Å².